The summed E-state index contributed by atoms with van der Waals surface area (Å²) in [7, 11) is 1.68. The molecule has 0 amide bonds. The number of hydrogen-bond acceptors (Lipinski definition) is 7. The van der Waals surface area contributed by atoms with Crippen molar-refractivity contribution in [2.24, 2.45) is 0 Å². The van der Waals surface area contributed by atoms with Gasteiger partial charge in [-0.15, -0.1) is 0 Å². The van der Waals surface area contributed by atoms with Gasteiger partial charge in [-0.3, -0.25) is 15.1 Å². The second-order valence-corrected chi connectivity index (χ2v) is 8.46. The van der Waals surface area contributed by atoms with Crippen LogP contribution < -0.4 is 5.32 Å². The molecule has 2 aromatic heterocycles. The van der Waals surface area contributed by atoms with Gasteiger partial charge in [0.1, 0.15) is 6.04 Å². The minimum absolute atomic E-state index is 0.220. The number of nitrogens with zero attached hydrogens (tertiary/aromatic N) is 3. The van der Waals surface area contributed by atoms with Crippen LogP contribution in [0.3, 0.4) is 0 Å². The number of methoxy groups -OCH3 is 1. The van der Waals surface area contributed by atoms with Gasteiger partial charge in [-0.25, -0.2) is 0 Å². The number of nitrogens with one attached hydrogen (secondary N) is 1. The molecule has 0 radical (unpaired) electrons. The molecule has 180 valence electrons. The summed E-state index contributed by atoms with van der Waals surface area (Å²) in [5.41, 5.74) is 6.71. The second-order valence-electron chi connectivity index (χ2n) is 8.46. The first-order valence-electron chi connectivity index (χ1n) is 11.3. The normalized spacial score (nSPS) is 12.9. The Bertz CT molecular complexity index is 1320. The van der Waals surface area contributed by atoms with Crippen molar-refractivity contribution < 1.29 is 19.2 Å². The Morgan fingerprint density at radius 3 is 2.54 bits per heavy atom. The Hall–Kier alpha value is -3.88. The van der Waals surface area contributed by atoms with E-state index in [1.54, 1.807) is 20.2 Å². The molecule has 0 spiro atoms. The monoisotopic (exact) mass is 472 g/mol. The van der Waals surface area contributed by atoms with Crippen molar-refractivity contribution in [3.8, 4) is 34.0 Å². The maximum Gasteiger partial charge on any atom is 0.320 e. The molecule has 35 heavy (non-hydrogen) atoms. The first-order valence-corrected chi connectivity index (χ1v) is 11.3. The van der Waals surface area contributed by atoms with Gasteiger partial charge in [0.05, 0.1) is 12.3 Å². The van der Waals surface area contributed by atoms with Crippen LogP contribution in [-0.2, 0) is 16.1 Å². The number of carboxylic acid groups (broad SMARTS) is 1. The van der Waals surface area contributed by atoms with Crippen molar-refractivity contribution in [1.29, 1.82) is 0 Å². The van der Waals surface area contributed by atoms with E-state index in [0.717, 1.165) is 27.9 Å². The first-order chi connectivity index (χ1) is 16.9. The summed E-state index contributed by atoms with van der Waals surface area (Å²) < 4.78 is 11.0. The zero-order valence-corrected chi connectivity index (χ0v) is 20.1. The lowest BCUT2D eigenvalue weighted by molar-refractivity contribution is -0.139. The van der Waals surface area contributed by atoms with E-state index in [1.807, 2.05) is 43.3 Å². The molecule has 2 N–H and O–H groups in total. The van der Waals surface area contributed by atoms with Gasteiger partial charge in [0.15, 0.2) is 0 Å². The van der Waals surface area contributed by atoms with Gasteiger partial charge in [0, 0.05) is 30.5 Å². The summed E-state index contributed by atoms with van der Waals surface area (Å²) >= 11 is 0. The number of carboxylic acids is 1. The van der Waals surface area contributed by atoms with Gasteiger partial charge in [-0.05, 0) is 67.3 Å². The molecule has 0 aliphatic heterocycles. The number of carbonyl (C=O) groups is 1. The van der Waals surface area contributed by atoms with Crippen molar-refractivity contribution in [3.05, 3.63) is 77.6 Å². The van der Waals surface area contributed by atoms with E-state index in [0.29, 0.717) is 23.9 Å². The molecular formula is C27H28N4O4. The van der Waals surface area contributed by atoms with Crippen LogP contribution in [-0.4, -0.2) is 39.4 Å². The first kappa shape index (κ1) is 24.3. The van der Waals surface area contributed by atoms with E-state index >= 15 is 0 Å². The lowest BCUT2D eigenvalue weighted by Crippen LogP contribution is -2.35. The van der Waals surface area contributed by atoms with E-state index in [4.69, 9.17) is 14.4 Å². The number of aliphatic carboxylic acids is 1. The molecule has 0 bridgehead atoms. The molecule has 8 nitrogen and oxygen atoms in total. The Morgan fingerprint density at radius 2 is 1.86 bits per heavy atom. The smallest absolute Gasteiger partial charge is 0.320 e. The highest BCUT2D eigenvalue weighted by Crippen LogP contribution is 2.31. The van der Waals surface area contributed by atoms with Crippen molar-refractivity contribution in [1.82, 2.24) is 20.4 Å². The third-order valence-corrected chi connectivity index (χ3v) is 5.87. The average Bonchev–Trinajstić information content (AvgIpc) is 3.35. The topological polar surface area (TPSA) is 110 Å². The van der Waals surface area contributed by atoms with Crippen LogP contribution in [0.5, 0.6) is 0 Å². The molecule has 4 rings (SSSR count). The summed E-state index contributed by atoms with van der Waals surface area (Å²) in [6, 6.07) is 17.1. The fraction of sp³-hybridized carbons (Fsp3) is 0.259. The molecule has 0 aliphatic carbocycles. The van der Waals surface area contributed by atoms with Crippen molar-refractivity contribution in [2.45, 2.75) is 39.5 Å². The zero-order chi connectivity index (χ0) is 24.9. The lowest BCUT2D eigenvalue weighted by atomic mass is 9.94. The molecule has 2 atom stereocenters. The standard InChI is InChI=1S/C27H28N4O4/c1-16-7-5-6-8-22(16)23-11-9-19(13-21(23)15-34-4)26-30-25(31-35-26)20-10-12-24(28-14-20)17(2)29-18(3)27(32)33/h5-14,17-18,29H,15H2,1-4H3,(H,32,33). The highest BCUT2D eigenvalue weighted by molar-refractivity contribution is 5.74. The number of rotatable bonds is 9. The highest BCUT2D eigenvalue weighted by atomic mass is 16.5. The summed E-state index contributed by atoms with van der Waals surface area (Å²) in [6.07, 6.45) is 1.66. The number of benzene rings is 2. The van der Waals surface area contributed by atoms with Crippen LogP contribution in [0, 0.1) is 6.92 Å². The van der Waals surface area contributed by atoms with Crippen LogP contribution in [0.25, 0.3) is 34.0 Å². The minimum Gasteiger partial charge on any atom is -0.480 e. The third-order valence-electron chi connectivity index (χ3n) is 5.87. The van der Waals surface area contributed by atoms with Gasteiger partial charge in [0.2, 0.25) is 5.82 Å². The van der Waals surface area contributed by atoms with E-state index in [1.165, 1.54) is 5.56 Å². The maximum absolute atomic E-state index is 11.1. The maximum atomic E-state index is 11.1. The molecule has 0 saturated heterocycles. The number of aromatic nitrogens is 3. The van der Waals surface area contributed by atoms with Gasteiger partial charge < -0.3 is 14.4 Å². The number of pyridine rings is 1. The Labute approximate surface area is 204 Å². The van der Waals surface area contributed by atoms with Gasteiger partial charge in [0.25, 0.3) is 5.89 Å². The van der Waals surface area contributed by atoms with Gasteiger partial charge in [-0.2, -0.15) is 4.98 Å². The predicted molar refractivity (Wildman–Crippen MR) is 132 cm³/mol. The van der Waals surface area contributed by atoms with E-state index in [2.05, 4.69) is 45.6 Å². The Kier molecular flexibility index (Phi) is 7.33. The number of aryl methyl sites for hydroxylation is 1. The van der Waals surface area contributed by atoms with Crippen LogP contribution >= 0.6 is 0 Å². The molecule has 0 saturated carbocycles. The molecule has 8 heteroatoms. The SMILES string of the molecule is COCc1cc(-c2nc(-c3ccc(C(C)NC(C)C(=O)O)nc3)no2)ccc1-c1ccccc1C. The lowest BCUT2D eigenvalue weighted by Gasteiger charge is -2.16. The summed E-state index contributed by atoms with van der Waals surface area (Å²) in [5.74, 6) is -0.0775. The third kappa shape index (κ3) is 5.45. The second kappa shape index (κ2) is 10.6. The summed E-state index contributed by atoms with van der Waals surface area (Å²) in [6.45, 7) is 6.01. The summed E-state index contributed by atoms with van der Waals surface area (Å²) in [4.78, 5) is 20.1. The van der Waals surface area contributed by atoms with Crippen LogP contribution in [0.15, 0.2) is 65.3 Å². The highest BCUT2D eigenvalue weighted by Gasteiger charge is 2.17. The summed E-state index contributed by atoms with van der Waals surface area (Å²) in [5, 5.41) is 16.2. The Morgan fingerprint density at radius 1 is 1.09 bits per heavy atom. The molecule has 2 heterocycles. The van der Waals surface area contributed by atoms with Crippen molar-refractivity contribution in [2.75, 3.05) is 7.11 Å². The molecule has 4 aromatic rings. The predicted octanol–water partition coefficient (Wildman–Crippen LogP) is 5.04. The van der Waals surface area contributed by atoms with Crippen LogP contribution in [0.4, 0.5) is 0 Å². The fourth-order valence-corrected chi connectivity index (χ4v) is 3.92. The Balaban J connectivity index is 1.57. The van der Waals surface area contributed by atoms with Crippen LogP contribution in [0.1, 0.15) is 36.7 Å². The molecule has 2 unspecified atom stereocenters. The molecule has 2 aromatic carbocycles. The van der Waals surface area contributed by atoms with Crippen LogP contribution in [0.2, 0.25) is 0 Å². The van der Waals surface area contributed by atoms with Gasteiger partial charge in [-0.1, -0.05) is 35.5 Å². The minimum atomic E-state index is -0.909. The molecule has 0 aliphatic rings. The fourth-order valence-electron chi connectivity index (χ4n) is 3.92. The average molecular weight is 473 g/mol. The van der Waals surface area contributed by atoms with E-state index in [-0.39, 0.29) is 6.04 Å². The zero-order valence-electron chi connectivity index (χ0n) is 20.1. The molecule has 0 fully saturated rings. The number of ether oxygens (including phenoxy) is 1. The van der Waals surface area contributed by atoms with E-state index in [9.17, 15) is 4.79 Å². The quantitative estimate of drug-likeness (QED) is 0.348. The number of hydrogen-bond donors (Lipinski definition) is 2. The largest absolute Gasteiger partial charge is 0.480 e. The van der Waals surface area contributed by atoms with Gasteiger partial charge >= 0.3 is 5.97 Å². The molecular weight excluding hydrogens is 444 g/mol. The van der Waals surface area contributed by atoms with Crippen molar-refractivity contribution >= 4 is 5.97 Å². The van der Waals surface area contributed by atoms with Crippen molar-refractivity contribution in [3.63, 3.8) is 0 Å². The van der Waals surface area contributed by atoms with E-state index < -0.39 is 12.0 Å².